The normalized spacial score (nSPS) is 24.5. The van der Waals surface area contributed by atoms with Gasteiger partial charge in [-0.1, -0.05) is 0 Å². The van der Waals surface area contributed by atoms with Gasteiger partial charge in [0.05, 0.1) is 0 Å². The molecule has 1 unspecified atom stereocenters. The molecule has 2 aliphatic rings. The summed E-state index contributed by atoms with van der Waals surface area (Å²) >= 11 is 0. The van der Waals surface area contributed by atoms with E-state index >= 15 is 0 Å². The Morgan fingerprint density at radius 3 is 2.96 bits per heavy atom. The molecule has 0 aromatic carbocycles. The molecule has 3 heterocycles. The van der Waals surface area contributed by atoms with Crippen LogP contribution in [0.3, 0.4) is 0 Å². The fourth-order valence-corrected chi connectivity index (χ4v) is 3.61. The Bertz CT molecular complexity index is 585. The van der Waals surface area contributed by atoms with E-state index in [-0.39, 0.29) is 35.3 Å². The zero-order valence-corrected chi connectivity index (χ0v) is 16.2. The maximum Gasteiger partial charge on any atom is 0.220 e. The number of aromatic nitrogens is 1. The number of hydrogen-bond acceptors (Lipinski definition) is 2. The highest BCUT2D eigenvalue weighted by Gasteiger charge is 2.42. The second-order valence-corrected chi connectivity index (χ2v) is 6.56. The number of piperidine rings is 1. The molecule has 2 saturated heterocycles. The molecule has 1 amide bonds. The fourth-order valence-electron chi connectivity index (χ4n) is 3.61. The standard InChI is InChI=1S/C16H25N5O.HI/c1-17-15(18-9-13-4-7-20(2)10-13)21-6-3-5-16(12-21)8-14(22)19-11-16;/h4,7,10H,3,5-6,8-9,11-12H2,1-2H3,(H,17,18)(H,19,22);1H. The van der Waals surface area contributed by atoms with E-state index in [1.54, 1.807) is 0 Å². The Balaban J connectivity index is 0.00000192. The van der Waals surface area contributed by atoms with Gasteiger partial charge < -0.3 is 20.1 Å². The van der Waals surface area contributed by atoms with Crippen molar-refractivity contribution in [3.05, 3.63) is 24.0 Å². The van der Waals surface area contributed by atoms with E-state index in [2.05, 4.69) is 32.8 Å². The molecule has 1 atom stereocenters. The second kappa shape index (κ2) is 7.55. The third-order valence-corrected chi connectivity index (χ3v) is 4.71. The summed E-state index contributed by atoms with van der Waals surface area (Å²) < 4.78 is 2.05. The van der Waals surface area contributed by atoms with Gasteiger partial charge in [0.25, 0.3) is 0 Å². The summed E-state index contributed by atoms with van der Waals surface area (Å²) in [5.41, 5.74) is 1.34. The lowest BCUT2D eigenvalue weighted by Gasteiger charge is -2.40. The Kier molecular flexibility index (Phi) is 5.94. The first-order chi connectivity index (χ1) is 10.6. The van der Waals surface area contributed by atoms with Crippen molar-refractivity contribution in [1.29, 1.82) is 0 Å². The Hall–Kier alpha value is -1.25. The smallest absolute Gasteiger partial charge is 0.220 e. The minimum Gasteiger partial charge on any atom is -0.357 e. The fraction of sp³-hybridized carbons (Fsp3) is 0.625. The Morgan fingerprint density at radius 1 is 1.52 bits per heavy atom. The first-order valence-electron chi connectivity index (χ1n) is 7.93. The van der Waals surface area contributed by atoms with Crippen LogP contribution >= 0.6 is 24.0 Å². The Morgan fingerprint density at radius 2 is 2.35 bits per heavy atom. The lowest BCUT2D eigenvalue weighted by molar-refractivity contribution is -0.119. The highest BCUT2D eigenvalue weighted by atomic mass is 127. The molecular weight excluding hydrogens is 405 g/mol. The molecule has 0 bridgehead atoms. The number of halogens is 1. The molecule has 6 nitrogen and oxygen atoms in total. The minimum atomic E-state index is 0. The molecule has 2 aliphatic heterocycles. The molecule has 1 aromatic rings. The molecule has 23 heavy (non-hydrogen) atoms. The van der Waals surface area contributed by atoms with E-state index in [1.807, 2.05) is 24.9 Å². The molecule has 128 valence electrons. The van der Waals surface area contributed by atoms with Crippen molar-refractivity contribution < 1.29 is 4.79 Å². The summed E-state index contributed by atoms with van der Waals surface area (Å²) in [4.78, 5) is 18.3. The van der Waals surface area contributed by atoms with Crippen LogP contribution in [-0.4, -0.2) is 48.0 Å². The van der Waals surface area contributed by atoms with Crippen LogP contribution in [-0.2, 0) is 18.4 Å². The molecule has 1 spiro atoms. The van der Waals surface area contributed by atoms with E-state index in [4.69, 9.17) is 0 Å². The van der Waals surface area contributed by atoms with Crippen LogP contribution in [0.2, 0.25) is 0 Å². The van der Waals surface area contributed by atoms with Crippen molar-refractivity contribution in [3.63, 3.8) is 0 Å². The minimum absolute atomic E-state index is 0. The topological polar surface area (TPSA) is 61.7 Å². The lowest BCUT2D eigenvalue weighted by atomic mass is 9.79. The number of carbonyl (C=O) groups excluding carboxylic acids is 1. The number of aryl methyl sites for hydroxylation is 1. The van der Waals surface area contributed by atoms with Crippen LogP contribution in [0.5, 0.6) is 0 Å². The van der Waals surface area contributed by atoms with Crippen LogP contribution < -0.4 is 10.6 Å². The van der Waals surface area contributed by atoms with Crippen LogP contribution in [0.15, 0.2) is 23.5 Å². The lowest BCUT2D eigenvalue weighted by Crippen LogP contribution is -2.51. The number of likely N-dealkylation sites (tertiary alicyclic amines) is 1. The van der Waals surface area contributed by atoms with Gasteiger partial charge in [-0.3, -0.25) is 9.79 Å². The quantitative estimate of drug-likeness (QED) is 0.422. The van der Waals surface area contributed by atoms with Crippen molar-refractivity contribution in [2.24, 2.45) is 17.5 Å². The van der Waals surface area contributed by atoms with Crippen molar-refractivity contribution in [2.45, 2.75) is 25.8 Å². The van der Waals surface area contributed by atoms with E-state index in [1.165, 1.54) is 5.56 Å². The highest BCUT2D eigenvalue weighted by Crippen LogP contribution is 2.35. The SMILES string of the molecule is CN=C(NCc1ccn(C)c1)N1CCCC2(CNC(=O)C2)C1.I. The van der Waals surface area contributed by atoms with Crippen molar-refractivity contribution in [2.75, 3.05) is 26.7 Å². The second-order valence-electron chi connectivity index (χ2n) is 6.56. The zero-order chi connectivity index (χ0) is 15.6. The first kappa shape index (κ1) is 18.1. The number of guanidine groups is 1. The van der Waals surface area contributed by atoms with Gasteiger partial charge in [0.2, 0.25) is 5.91 Å². The average molecular weight is 431 g/mol. The molecule has 2 N–H and O–H groups in total. The number of amides is 1. The van der Waals surface area contributed by atoms with E-state index in [9.17, 15) is 4.79 Å². The molecule has 3 rings (SSSR count). The van der Waals surface area contributed by atoms with Gasteiger partial charge in [-0.25, -0.2) is 0 Å². The third-order valence-electron chi connectivity index (χ3n) is 4.71. The van der Waals surface area contributed by atoms with E-state index < -0.39 is 0 Å². The predicted molar refractivity (Wildman–Crippen MR) is 102 cm³/mol. The number of hydrogen-bond donors (Lipinski definition) is 2. The Labute approximate surface area is 154 Å². The molecular formula is C16H26IN5O. The first-order valence-corrected chi connectivity index (χ1v) is 7.93. The summed E-state index contributed by atoms with van der Waals surface area (Å²) in [6.45, 7) is 3.48. The number of nitrogens with zero attached hydrogens (tertiary/aromatic N) is 3. The van der Waals surface area contributed by atoms with E-state index in [0.29, 0.717) is 6.42 Å². The van der Waals surface area contributed by atoms with Crippen LogP contribution in [0.4, 0.5) is 0 Å². The van der Waals surface area contributed by atoms with Crippen LogP contribution in [0.1, 0.15) is 24.8 Å². The summed E-state index contributed by atoms with van der Waals surface area (Å²) in [7, 11) is 3.85. The average Bonchev–Trinajstić information content (AvgIpc) is 3.06. The highest BCUT2D eigenvalue weighted by molar-refractivity contribution is 14.0. The molecule has 2 fully saturated rings. The zero-order valence-electron chi connectivity index (χ0n) is 13.8. The number of aliphatic imine (C=N–C) groups is 1. The molecule has 0 aliphatic carbocycles. The van der Waals surface area contributed by atoms with Gasteiger partial charge in [-0.15, -0.1) is 24.0 Å². The van der Waals surface area contributed by atoms with Crippen molar-refractivity contribution >= 4 is 35.8 Å². The number of rotatable bonds is 2. The van der Waals surface area contributed by atoms with Crippen LogP contribution in [0.25, 0.3) is 0 Å². The predicted octanol–water partition coefficient (Wildman–Crippen LogP) is 1.32. The van der Waals surface area contributed by atoms with Gasteiger partial charge >= 0.3 is 0 Å². The molecule has 0 saturated carbocycles. The molecule has 1 aromatic heterocycles. The largest absolute Gasteiger partial charge is 0.357 e. The summed E-state index contributed by atoms with van der Waals surface area (Å²) in [6, 6.07) is 2.11. The summed E-state index contributed by atoms with van der Waals surface area (Å²) in [5.74, 6) is 1.12. The summed E-state index contributed by atoms with van der Waals surface area (Å²) in [6.07, 6.45) is 7.04. The van der Waals surface area contributed by atoms with Crippen molar-refractivity contribution in [1.82, 2.24) is 20.1 Å². The maximum atomic E-state index is 11.6. The third kappa shape index (κ3) is 4.19. The van der Waals surface area contributed by atoms with Gasteiger partial charge in [-0.05, 0) is 24.5 Å². The number of carbonyl (C=O) groups is 1. The van der Waals surface area contributed by atoms with Gasteiger partial charge in [0.15, 0.2) is 5.96 Å². The van der Waals surface area contributed by atoms with Gasteiger partial charge in [0, 0.05) is 64.5 Å². The maximum absolute atomic E-state index is 11.6. The van der Waals surface area contributed by atoms with Gasteiger partial charge in [-0.2, -0.15) is 0 Å². The molecule has 0 radical (unpaired) electrons. The van der Waals surface area contributed by atoms with Crippen LogP contribution in [0, 0.1) is 5.41 Å². The van der Waals surface area contributed by atoms with Gasteiger partial charge in [0.1, 0.15) is 0 Å². The van der Waals surface area contributed by atoms with Crippen molar-refractivity contribution in [3.8, 4) is 0 Å². The van der Waals surface area contributed by atoms with E-state index in [0.717, 1.165) is 45.0 Å². The molecule has 7 heteroatoms. The summed E-state index contributed by atoms with van der Waals surface area (Å²) in [5, 5.41) is 6.43. The number of nitrogens with one attached hydrogen (secondary N) is 2. The monoisotopic (exact) mass is 431 g/mol.